The van der Waals surface area contributed by atoms with Crippen LogP contribution < -0.4 is 5.63 Å². The second-order valence-electron chi connectivity index (χ2n) is 5.71. The average molecular weight is 270 g/mol. The zero-order valence-electron chi connectivity index (χ0n) is 12.0. The van der Waals surface area contributed by atoms with Crippen molar-refractivity contribution < 1.29 is 9.52 Å². The maximum absolute atomic E-state index is 12.1. The lowest BCUT2D eigenvalue weighted by Crippen LogP contribution is -2.06. The summed E-state index contributed by atoms with van der Waals surface area (Å²) in [7, 11) is 0. The first kappa shape index (κ1) is 13.0. The molecule has 0 atom stereocenters. The van der Waals surface area contributed by atoms with Crippen molar-refractivity contribution in [2.45, 2.75) is 39.5 Å². The van der Waals surface area contributed by atoms with Crippen LogP contribution in [0.25, 0.3) is 11.1 Å². The van der Waals surface area contributed by atoms with Crippen LogP contribution in [0.1, 0.15) is 41.2 Å². The molecule has 1 aromatic heterocycles. The van der Waals surface area contributed by atoms with E-state index in [-0.39, 0.29) is 11.3 Å². The molecule has 0 saturated heterocycles. The molecule has 3 nitrogen and oxygen atoms in total. The molecular formula is C17H18O3. The van der Waals surface area contributed by atoms with Crippen LogP contribution in [0.4, 0.5) is 0 Å². The van der Waals surface area contributed by atoms with Gasteiger partial charge in [-0.25, -0.2) is 4.79 Å². The average Bonchev–Trinajstić information content (AvgIpc) is 3.15. The first-order valence-electron chi connectivity index (χ1n) is 6.92. The normalized spacial score (nSPS) is 14.6. The summed E-state index contributed by atoms with van der Waals surface area (Å²) < 4.78 is 5.13. The highest BCUT2D eigenvalue weighted by molar-refractivity contribution is 5.75. The van der Waals surface area contributed by atoms with Gasteiger partial charge < -0.3 is 9.52 Å². The van der Waals surface area contributed by atoms with E-state index < -0.39 is 5.63 Å². The Hall–Kier alpha value is -2.03. The Labute approximate surface area is 117 Å². The lowest BCUT2D eigenvalue weighted by Gasteiger charge is -2.13. The third-order valence-electron chi connectivity index (χ3n) is 3.91. The summed E-state index contributed by atoms with van der Waals surface area (Å²) in [6.45, 7) is 5.61. The summed E-state index contributed by atoms with van der Waals surface area (Å²) in [5, 5.41) is 10.1. The summed E-state index contributed by atoms with van der Waals surface area (Å²) in [5.41, 5.74) is 3.94. The van der Waals surface area contributed by atoms with Crippen LogP contribution in [0.5, 0.6) is 5.75 Å². The van der Waals surface area contributed by atoms with E-state index in [2.05, 4.69) is 12.1 Å². The summed E-state index contributed by atoms with van der Waals surface area (Å²) in [5.74, 6) is 1.08. The molecule has 1 heterocycles. The first-order chi connectivity index (χ1) is 9.47. The molecule has 0 radical (unpaired) electrons. The predicted octanol–water partition coefficient (Wildman–Crippen LogP) is 3.82. The minimum absolute atomic E-state index is 0.0101. The first-order valence-corrected chi connectivity index (χ1v) is 6.92. The monoisotopic (exact) mass is 270 g/mol. The minimum Gasteiger partial charge on any atom is -0.507 e. The van der Waals surface area contributed by atoms with Gasteiger partial charge in [-0.1, -0.05) is 12.1 Å². The number of aromatic hydroxyl groups is 1. The Balaban J connectivity index is 2.22. The highest BCUT2D eigenvalue weighted by Gasteiger charge is 2.25. The van der Waals surface area contributed by atoms with Gasteiger partial charge in [0.1, 0.15) is 17.1 Å². The van der Waals surface area contributed by atoms with E-state index in [9.17, 15) is 9.90 Å². The summed E-state index contributed by atoms with van der Waals surface area (Å²) in [4.78, 5) is 12.1. The second kappa shape index (κ2) is 4.51. The van der Waals surface area contributed by atoms with Gasteiger partial charge in [0.25, 0.3) is 0 Å². The summed E-state index contributed by atoms with van der Waals surface area (Å²) in [6.07, 6.45) is 2.49. The van der Waals surface area contributed by atoms with Crippen molar-refractivity contribution in [1.82, 2.24) is 0 Å². The molecule has 1 saturated carbocycles. The molecule has 1 fully saturated rings. The molecule has 1 aromatic carbocycles. The van der Waals surface area contributed by atoms with Gasteiger partial charge in [0, 0.05) is 6.07 Å². The van der Waals surface area contributed by atoms with E-state index in [4.69, 9.17) is 4.42 Å². The van der Waals surface area contributed by atoms with Crippen LogP contribution in [0.2, 0.25) is 0 Å². The highest BCUT2D eigenvalue weighted by atomic mass is 16.4. The molecular weight excluding hydrogens is 252 g/mol. The van der Waals surface area contributed by atoms with E-state index in [1.54, 1.807) is 6.92 Å². The van der Waals surface area contributed by atoms with E-state index in [1.807, 2.05) is 13.8 Å². The fraction of sp³-hybridized carbons (Fsp3) is 0.353. The Morgan fingerprint density at radius 3 is 2.15 bits per heavy atom. The van der Waals surface area contributed by atoms with Crippen molar-refractivity contribution in [3.63, 3.8) is 0 Å². The standard InChI is InChI=1S/C17H18O3/c1-9-6-13(12-4-5-12)7-10(2)15(9)16-14(18)8-11(3)20-17(16)19/h6-8,12,18H,4-5H2,1-3H3. The van der Waals surface area contributed by atoms with Gasteiger partial charge in [0.05, 0.1) is 0 Å². The third kappa shape index (κ3) is 2.13. The Bertz CT molecular complexity index is 713. The molecule has 20 heavy (non-hydrogen) atoms. The van der Waals surface area contributed by atoms with Crippen LogP contribution in [-0.4, -0.2) is 5.11 Å². The van der Waals surface area contributed by atoms with Crippen LogP contribution in [-0.2, 0) is 0 Å². The van der Waals surface area contributed by atoms with Crippen LogP contribution >= 0.6 is 0 Å². The van der Waals surface area contributed by atoms with Gasteiger partial charge in [-0.3, -0.25) is 0 Å². The Morgan fingerprint density at radius 2 is 1.65 bits per heavy atom. The van der Waals surface area contributed by atoms with Crippen molar-refractivity contribution in [2.24, 2.45) is 0 Å². The van der Waals surface area contributed by atoms with Crippen molar-refractivity contribution in [2.75, 3.05) is 0 Å². The molecule has 104 valence electrons. The maximum atomic E-state index is 12.1. The van der Waals surface area contributed by atoms with Crippen molar-refractivity contribution in [1.29, 1.82) is 0 Å². The topological polar surface area (TPSA) is 50.4 Å². The number of hydrogen-bond donors (Lipinski definition) is 1. The van der Waals surface area contributed by atoms with E-state index in [0.29, 0.717) is 11.7 Å². The van der Waals surface area contributed by atoms with Crippen molar-refractivity contribution >= 4 is 0 Å². The highest BCUT2D eigenvalue weighted by Crippen LogP contribution is 2.42. The largest absolute Gasteiger partial charge is 0.507 e. The zero-order valence-corrected chi connectivity index (χ0v) is 12.0. The van der Waals surface area contributed by atoms with Crippen LogP contribution in [0.15, 0.2) is 27.4 Å². The molecule has 3 rings (SSSR count). The smallest absolute Gasteiger partial charge is 0.347 e. The van der Waals surface area contributed by atoms with Crippen molar-refractivity contribution in [3.05, 3.63) is 51.1 Å². The number of hydrogen-bond acceptors (Lipinski definition) is 3. The van der Waals surface area contributed by atoms with Gasteiger partial charge in [0.2, 0.25) is 0 Å². The van der Waals surface area contributed by atoms with E-state index in [1.165, 1.54) is 24.5 Å². The number of aryl methyl sites for hydroxylation is 3. The fourth-order valence-electron chi connectivity index (χ4n) is 2.87. The molecule has 3 heteroatoms. The van der Waals surface area contributed by atoms with Gasteiger partial charge in [-0.15, -0.1) is 0 Å². The lowest BCUT2D eigenvalue weighted by atomic mass is 9.92. The molecule has 0 aliphatic heterocycles. The van der Waals surface area contributed by atoms with Gasteiger partial charge in [-0.05, 0) is 61.8 Å². The molecule has 1 aliphatic rings. The zero-order chi connectivity index (χ0) is 14.4. The molecule has 0 amide bonds. The fourth-order valence-corrected chi connectivity index (χ4v) is 2.87. The Kier molecular flexibility index (Phi) is 2.93. The molecule has 1 N–H and O–H groups in total. The Morgan fingerprint density at radius 1 is 1.05 bits per heavy atom. The molecule has 0 unspecified atom stereocenters. The number of benzene rings is 1. The molecule has 0 spiro atoms. The van der Waals surface area contributed by atoms with E-state index in [0.717, 1.165) is 16.7 Å². The van der Waals surface area contributed by atoms with Crippen LogP contribution in [0, 0.1) is 20.8 Å². The van der Waals surface area contributed by atoms with E-state index >= 15 is 0 Å². The van der Waals surface area contributed by atoms with Gasteiger partial charge in [0.15, 0.2) is 0 Å². The lowest BCUT2D eigenvalue weighted by molar-refractivity contribution is 0.438. The quantitative estimate of drug-likeness (QED) is 0.902. The molecule has 2 aromatic rings. The summed E-state index contributed by atoms with van der Waals surface area (Å²) >= 11 is 0. The third-order valence-corrected chi connectivity index (χ3v) is 3.91. The van der Waals surface area contributed by atoms with Crippen molar-refractivity contribution in [3.8, 4) is 16.9 Å². The predicted molar refractivity (Wildman–Crippen MR) is 78.3 cm³/mol. The van der Waals surface area contributed by atoms with Gasteiger partial charge >= 0.3 is 5.63 Å². The summed E-state index contributed by atoms with van der Waals surface area (Å²) in [6, 6.07) is 5.74. The molecule has 0 bridgehead atoms. The second-order valence-corrected chi connectivity index (χ2v) is 5.71. The van der Waals surface area contributed by atoms with Crippen LogP contribution in [0.3, 0.4) is 0 Å². The maximum Gasteiger partial charge on any atom is 0.347 e. The minimum atomic E-state index is -0.479. The number of rotatable bonds is 2. The SMILES string of the molecule is Cc1cc(O)c(-c2c(C)cc(C3CC3)cc2C)c(=O)o1. The molecule has 1 aliphatic carbocycles. The van der Waals surface area contributed by atoms with Gasteiger partial charge in [-0.2, -0.15) is 0 Å².